The Kier molecular flexibility index (Phi) is 11.2. The molecule has 0 aliphatic carbocycles. The van der Waals surface area contributed by atoms with E-state index in [0.717, 1.165) is 17.3 Å². The van der Waals surface area contributed by atoms with E-state index in [1.165, 1.54) is 0 Å². The molecule has 0 rings (SSSR count). The molecule has 0 fully saturated rings. The van der Waals surface area contributed by atoms with Crippen LogP contribution in [0.15, 0.2) is 0 Å². The molecule has 0 saturated heterocycles. The molecular weight excluding hydrogens is 232 g/mol. The molecule has 0 amide bonds. The SMILES string of the molecule is CSCSSCCCOS(C)=O. The molecule has 0 radical (unpaired) electrons. The lowest BCUT2D eigenvalue weighted by molar-refractivity contribution is 0.351. The van der Waals surface area contributed by atoms with E-state index >= 15 is 0 Å². The molecule has 0 heterocycles. The first-order valence-electron chi connectivity index (χ1n) is 3.47. The smallest absolute Gasteiger partial charge is 0.152 e. The molecule has 0 aliphatic rings. The second-order valence-corrected chi connectivity index (χ2v) is 6.78. The molecule has 0 aliphatic heterocycles. The Morgan fingerprint density at radius 3 is 2.75 bits per heavy atom. The lowest BCUT2D eigenvalue weighted by atomic mass is 10.5. The Morgan fingerprint density at radius 2 is 2.17 bits per heavy atom. The maximum absolute atomic E-state index is 10.5. The summed E-state index contributed by atoms with van der Waals surface area (Å²) in [5.74, 6) is 1.07. The van der Waals surface area contributed by atoms with E-state index in [-0.39, 0.29) is 0 Å². The second kappa shape index (κ2) is 10.2. The molecule has 0 saturated carbocycles. The quantitative estimate of drug-likeness (QED) is 0.372. The van der Waals surface area contributed by atoms with E-state index in [0.29, 0.717) is 6.61 Å². The second-order valence-electron chi connectivity index (χ2n) is 1.92. The van der Waals surface area contributed by atoms with Gasteiger partial charge in [0.25, 0.3) is 0 Å². The molecule has 12 heavy (non-hydrogen) atoms. The molecule has 0 aromatic heterocycles. The van der Waals surface area contributed by atoms with Crippen LogP contribution >= 0.6 is 33.3 Å². The number of hydrogen-bond donors (Lipinski definition) is 0. The zero-order valence-electron chi connectivity index (χ0n) is 7.28. The third-order valence-electron chi connectivity index (χ3n) is 0.871. The molecule has 2 nitrogen and oxygen atoms in total. The van der Waals surface area contributed by atoms with Gasteiger partial charge in [0.05, 0.1) is 6.61 Å². The normalized spacial score (nSPS) is 13.2. The topological polar surface area (TPSA) is 26.3 Å². The minimum Gasteiger partial charge on any atom is -0.291 e. The maximum atomic E-state index is 10.5. The Hall–Kier alpha value is 1.16. The molecule has 1 atom stereocenters. The molecule has 1 unspecified atom stereocenters. The van der Waals surface area contributed by atoms with Crippen molar-refractivity contribution in [2.45, 2.75) is 6.42 Å². The van der Waals surface area contributed by atoms with Crippen LogP contribution in [-0.4, -0.2) is 34.2 Å². The zero-order valence-corrected chi connectivity index (χ0v) is 10.5. The van der Waals surface area contributed by atoms with Gasteiger partial charge in [-0.1, -0.05) is 21.6 Å². The van der Waals surface area contributed by atoms with Crippen LogP contribution in [0.25, 0.3) is 0 Å². The average molecular weight is 246 g/mol. The summed E-state index contributed by atoms with van der Waals surface area (Å²) in [7, 11) is 3.71. The van der Waals surface area contributed by atoms with Gasteiger partial charge in [0.2, 0.25) is 0 Å². The standard InChI is InChI=1S/C6H14O2S4/c1-9-6-11-10-5-3-4-8-12(2)7/h3-6H2,1-2H3. The fourth-order valence-corrected chi connectivity index (χ4v) is 3.98. The van der Waals surface area contributed by atoms with E-state index in [4.69, 9.17) is 4.18 Å². The summed E-state index contributed by atoms with van der Waals surface area (Å²) in [5, 5.41) is 1.13. The Bertz CT molecular complexity index is 120. The largest absolute Gasteiger partial charge is 0.291 e. The predicted molar refractivity (Wildman–Crippen MR) is 63.1 cm³/mol. The average Bonchev–Trinajstić information content (AvgIpc) is 2.02. The van der Waals surface area contributed by atoms with Crippen molar-refractivity contribution < 1.29 is 8.39 Å². The molecule has 0 N–H and O–H groups in total. The van der Waals surface area contributed by atoms with E-state index < -0.39 is 11.1 Å². The van der Waals surface area contributed by atoms with Crippen LogP contribution in [0.5, 0.6) is 0 Å². The van der Waals surface area contributed by atoms with Gasteiger partial charge in [0.1, 0.15) is 0 Å². The van der Waals surface area contributed by atoms with Gasteiger partial charge in [-0.05, 0) is 12.7 Å². The van der Waals surface area contributed by atoms with Crippen molar-refractivity contribution in [2.24, 2.45) is 0 Å². The van der Waals surface area contributed by atoms with Crippen molar-refractivity contribution in [3.63, 3.8) is 0 Å². The van der Waals surface area contributed by atoms with Crippen molar-refractivity contribution in [1.29, 1.82) is 0 Å². The van der Waals surface area contributed by atoms with Gasteiger partial charge in [-0.2, -0.15) is 11.8 Å². The third kappa shape index (κ3) is 11.2. The fraction of sp³-hybridized carbons (Fsp3) is 1.00. The number of rotatable bonds is 8. The highest BCUT2D eigenvalue weighted by atomic mass is 33.1. The Labute approximate surface area is 89.0 Å². The monoisotopic (exact) mass is 246 g/mol. The van der Waals surface area contributed by atoms with E-state index in [1.807, 2.05) is 33.3 Å². The van der Waals surface area contributed by atoms with Crippen molar-refractivity contribution in [1.82, 2.24) is 0 Å². The van der Waals surface area contributed by atoms with Gasteiger partial charge in [0.15, 0.2) is 11.1 Å². The van der Waals surface area contributed by atoms with Crippen molar-refractivity contribution >= 4 is 44.4 Å². The van der Waals surface area contributed by atoms with Crippen molar-refractivity contribution in [3.05, 3.63) is 0 Å². The molecular formula is C6H14O2S4. The molecule has 0 aromatic carbocycles. The lowest BCUT2D eigenvalue weighted by Crippen LogP contribution is -1.97. The summed E-state index contributed by atoms with van der Waals surface area (Å²) in [6.07, 6.45) is 4.62. The van der Waals surface area contributed by atoms with Crippen LogP contribution in [0.2, 0.25) is 0 Å². The zero-order chi connectivity index (χ0) is 9.23. The van der Waals surface area contributed by atoms with E-state index in [2.05, 4.69) is 6.26 Å². The Morgan fingerprint density at radius 1 is 1.42 bits per heavy atom. The highest BCUT2D eigenvalue weighted by Crippen LogP contribution is 2.24. The summed E-state index contributed by atoms with van der Waals surface area (Å²) in [6.45, 7) is 0.607. The van der Waals surface area contributed by atoms with E-state index in [1.54, 1.807) is 6.26 Å². The lowest BCUT2D eigenvalue weighted by Gasteiger charge is -1.99. The fourth-order valence-electron chi connectivity index (χ4n) is 0.435. The van der Waals surface area contributed by atoms with Crippen LogP contribution < -0.4 is 0 Å². The molecule has 6 heteroatoms. The summed E-state index contributed by atoms with van der Waals surface area (Å²) >= 11 is 0.738. The highest BCUT2D eigenvalue weighted by molar-refractivity contribution is 8.78. The molecule has 0 aromatic rings. The maximum Gasteiger partial charge on any atom is 0.152 e. The molecule has 0 bridgehead atoms. The first-order valence-corrected chi connectivity index (χ1v) is 8.84. The summed E-state index contributed by atoms with van der Waals surface area (Å²) in [5.41, 5.74) is 0. The number of thioether (sulfide) groups is 1. The van der Waals surface area contributed by atoms with E-state index in [9.17, 15) is 4.21 Å². The number of hydrogen-bond acceptors (Lipinski definition) is 5. The Balaban J connectivity index is 2.86. The van der Waals surface area contributed by atoms with Crippen LogP contribution in [0.1, 0.15) is 6.42 Å². The van der Waals surface area contributed by atoms with Crippen LogP contribution in [0, 0.1) is 0 Å². The minimum absolute atomic E-state index is 0.607. The summed E-state index contributed by atoms with van der Waals surface area (Å²) < 4.78 is 15.3. The first kappa shape index (κ1) is 13.2. The highest BCUT2D eigenvalue weighted by Gasteiger charge is 1.92. The van der Waals surface area contributed by atoms with Crippen molar-refractivity contribution in [3.8, 4) is 0 Å². The summed E-state index contributed by atoms with van der Waals surface area (Å²) in [6, 6.07) is 0. The van der Waals surface area contributed by atoms with Crippen LogP contribution in [0.4, 0.5) is 0 Å². The third-order valence-corrected chi connectivity index (χ3v) is 5.18. The first-order chi connectivity index (χ1) is 5.77. The summed E-state index contributed by atoms with van der Waals surface area (Å²) in [4.78, 5) is 0. The van der Waals surface area contributed by atoms with Gasteiger partial charge in [-0.25, -0.2) is 4.21 Å². The van der Waals surface area contributed by atoms with Gasteiger partial charge in [-0.15, -0.1) is 0 Å². The van der Waals surface area contributed by atoms with Crippen molar-refractivity contribution in [2.75, 3.05) is 30.0 Å². The van der Waals surface area contributed by atoms with Gasteiger partial charge in [0, 0.05) is 17.1 Å². The molecule has 0 spiro atoms. The van der Waals surface area contributed by atoms with Gasteiger partial charge >= 0.3 is 0 Å². The van der Waals surface area contributed by atoms with Gasteiger partial charge in [-0.3, -0.25) is 4.18 Å². The van der Waals surface area contributed by atoms with Crippen LogP contribution in [-0.2, 0) is 15.3 Å². The van der Waals surface area contributed by atoms with Crippen LogP contribution in [0.3, 0.4) is 0 Å². The molecule has 74 valence electrons. The predicted octanol–water partition coefficient (Wildman–Crippen LogP) is 2.39. The van der Waals surface area contributed by atoms with Gasteiger partial charge < -0.3 is 0 Å². The minimum atomic E-state index is -1.09.